The largest absolute Gasteiger partial charge is 0.496 e. The number of aliphatic hydroxyl groups excluding tert-OH is 1. The van der Waals surface area contributed by atoms with Crippen molar-refractivity contribution in [3.8, 4) is 16.9 Å². The van der Waals surface area contributed by atoms with E-state index in [0.717, 1.165) is 17.5 Å². The highest BCUT2D eigenvalue weighted by molar-refractivity contribution is 7.17. The van der Waals surface area contributed by atoms with Crippen molar-refractivity contribution in [2.24, 2.45) is 0 Å². The van der Waals surface area contributed by atoms with Gasteiger partial charge in [-0.2, -0.15) is 0 Å². The van der Waals surface area contributed by atoms with E-state index in [1.54, 1.807) is 19.3 Å². The van der Waals surface area contributed by atoms with Crippen molar-refractivity contribution in [1.82, 2.24) is 14.9 Å². The Labute approximate surface area is 180 Å². The van der Waals surface area contributed by atoms with Gasteiger partial charge in [0, 0.05) is 29.6 Å². The van der Waals surface area contributed by atoms with Crippen molar-refractivity contribution in [2.45, 2.75) is 25.5 Å². The van der Waals surface area contributed by atoms with Crippen LogP contribution in [-0.2, 0) is 6.54 Å². The van der Waals surface area contributed by atoms with Gasteiger partial charge < -0.3 is 14.8 Å². The number of nitrogens with zero attached hydrogens (tertiary/aromatic N) is 2. The number of fused-ring (bicyclic) bond motifs is 1. The van der Waals surface area contributed by atoms with Crippen LogP contribution in [0.5, 0.6) is 5.75 Å². The molecule has 3 aromatic rings. The van der Waals surface area contributed by atoms with Crippen LogP contribution < -0.4 is 10.3 Å². The molecule has 2 heterocycles. The number of aliphatic hydroxyl groups is 1. The summed E-state index contributed by atoms with van der Waals surface area (Å²) < 4.78 is 5.45. The average molecular weight is 426 g/mol. The number of nitrogens with one attached hydrogen (secondary N) is 1. The Morgan fingerprint density at radius 2 is 2.10 bits per heavy atom. The molecule has 0 aliphatic heterocycles. The molecule has 0 radical (unpaired) electrons. The van der Waals surface area contributed by atoms with Crippen molar-refractivity contribution < 1.29 is 9.84 Å². The third-order valence-corrected chi connectivity index (χ3v) is 5.70. The molecule has 3 rings (SSSR count). The smallest absolute Gasteiger partial charge is 0.260 e. The lowest BCUT2D eigenvalue weighted by Crippen LogP contribution is -2.33. The second kappa shape index (κ2) is 10.3. The number of hydrogen-bond acceptors (Lipinski definition) is 6. The van der Waals surface area contributed by atoms with Gasteiger partial charge in [0.05, 0.1) is 25.1 Å². The predicted octanol–water partition coefficient (Wildman–Crippen LogP) is 3.98. The Hall–Kier alpha value is -2.74. The Balaban J connectivity index is 1.89. The van der Waals surface area contributed by atoms with Gasteiger partial charge in [0.2, 0.25) is 0 Å². The topological polar surface area (TPSA) is 78.5 Å². The summed E-state index contributed by atoms with van der Waals surface area (Å²) in [5.41, 5.74) is 1.50. The molecule has 0 amide bonds. The van der Waals surface area contributed by atoms with Crippen molar-refractivity contribution in [2.75, 3.05) is 20.2 Å². The molecule has 2 N–H and O–H groups in total. The highest BCUT2D eigenvalue weighted by atomic mass is 32.1. The summed E-state index contributed by atoms with van der Waals surface area (Å²) in [6, 6.07) is 7.63. The number of benzene rings is 1. The van der Waals surface area contributed by atoms with Crippen molar-refractivity contribution in [3.63, 3.8) is 0 Å². The Kier molecular flexibility index (Phi) is 7.57. The van der Waals surface area contributed by atoms with Crippen LogP contribution in [0.3, 0.4) is 0 Å². The van der Waals surface area contributed by atoms with Gasteiger partial charge in [-0.15, -0.1) is 24.5 Å². The molecule has 2 aromatic heterocycles. The zero-order valence-electron chi connectivity index (χ0n) is 17.1. The summed E-state index contributed by atoms with van der Waals surface area (Å²) in [6.45, 7) is 8.96. The molecular formula is C23H27N3O3S. The number of hydrogen-bond donors (Lipinski definition) is 2. The van der Waals surface area contributed by atoms with E-state index in [9.17, 15) is 9.90 Å². The van der Waals surface area contributed by atoms with Gasteiger partial charge in [0.15, 0.2) is 0 Å². The molecular weight excluding hydrogens is 398 g/mol. The number of allylic oxidation sites excluding steroid dienone is 1. The lowest BCUT2D eigenvalue weighted by molar-refractivity contribution is 0.107. The number of aromatic nitrogens is 2. The molecule has 0 unspecified atom stereocenters. The summed E-state index contributed by atoms with van der Waals surface area (Å²) in [5.74, 6) is 1.28. The van der Waals surface area contributed by atoms with Crippen LogP contribution in [0.2, 0.25) is 0 Å². The molecule has 30 heavy (non-hydrogen) atoms. The standard InChI is InChI=1S/C23H27N3O3S/c1-4-6-9-16(27)13-26(12-5-2)14-20-24-22(28)21-18(15-30-23(21)25-20)17-10-7-8-11-19(17)29-3/h4-5,7-8,10-11,15-16,27H,1-2,6,9,12-14H2,3H3,(H,24,25,28)/t16-/m0/s1. The van der Waals surface area contributed by atoms with Crippen molar-refractivity contribution >= 4 is 21.6 Å². The summed E-state index contributed by atoms with van der Waals surface area (Å²) in [6.07, 6.45) is 4.50. The quantitative estimate of drug-likeness (QED) is 0.455. The molecule has 0 bridgehead atoms. The highest BCUT2D eigenvalue weighted by Gasteiger charge is 2.17. The minimum Gasteiger partial charge on any atom is -0.496 e. The molecule has 0 aliphatic rings. The molecule has 7 heteroatoms. The number of methoxy groups -OCH3 is 1. The highest BCUT2D eigenvalue weighted by Crippen LogP contribution is 2.36. The van der Waals surface area contributed by atoms with Crippen LogP contribution in [0.4, 0.5) is 0 Å². The van der Waals surface area contributed by atoms with Gasteiger partial charge >= 0.3 is 0 Å². The fourth-order valence-corrected chi connectivity index (χ4v) is 4.39. The second-order valence-corrected chi connectivity index (χ2v) is 7.90. The van der Waals surface area contributed by atoms with Crippen LogP contribution >= 0.6 is 11.3 Å². The predicted molar refractivity (Wildman–Crippen MR) is 123 cm³/mol. The number of ether oxygens (including phenoxy) is 1. The van der Waals surface area contributed by atoms with E-state index in [4.69, 9.17) is 4.74 Å². The molecule has 6 nitrogen and oxygen atoms in total. The Morgan fingerprint density at radius 3 is 2.83 bits per heavy atom. The van der Waals surface area contributed by atoms with E-state index >= 15 is 0 Å². The van der Waals surface area contributed by atoms with E-state index < -0.39 is 6.10 Å². The normalized spacial score (nSPS) is 12.2. The molecule has 0 saturated carbocycles. The summed E-state index contributed by atoms with van der Waals surface area (Å²) >= 11 is 1.44. The maximum atomic E-state index is 12.9. The maximum absolute atomic E-state index is 12.9. The first-order valence-corrected chi connectivity index (χ1v) is 10.7. The summed E-state index contributed by atoms with van der Waals surface area (Å²) in [5, 5.41) is 12.7. The van der Waals surface area contributed by atoms with Crippen LogP contribution in [0.1, 0.15) is 18.7 Å². The molecule has 0 saturated heterocycles. The first-order valence-electron chi connectivity index (χ1n) is 9.83. The van der Waals surface area contributed by atoms with Gasteiger partial charge in [-0.25, -0.2) is 4.98 Å². The minimum atomic E-state index is -0.475. The first-order chi connectivity index (χ1) is 14.6. The van der Waals surface area contributed by atoms with Gasteiger partial charge in [-0.3, -0.25) is 9.69 Å². The zero-order valence-corrected chi connectivity index (χ0v) is 18.0. The molecule has 158 valence electrons. The molecule has 0 fully saturated rings. The third kappa shape index (κ3) is 5.05. The average Bonchev–Trinajstić information content (AvgIpc) is 3.16. The Morgan fingerprint density at radius 1 is 1.30 bits per heavy atom. The Bertz CT molecular complexity index is 1070. The van der Waals surface area contributed by atoms with Crippen molar-refractivity contribution in [3.05, 3.63) is 71.1 Å². The van der Waals surface area contributed by atoms with Gasteiger partial charge in [0.25, 0.3) is 5.56 Å². The van der Waals surface area contributed by atoms with E-state index in [1.165, 1.54) is 11.3 Å². The van der Waals surface area contributed by atoms with Crippen LogP contribution in [0.25, 0.3) is 21.3 Å². The zero-order chi connectivity index (χ0) is 21.5. The number of rotatable bonds is 11. The number of thiophene rings is 1. The monoisotopic (exact) mass is 425 g/mol. The molecule has 0 aliphatic carbocycles. The van der Waals surface area contributed by atoms with E-state index in [0.29, 0.717) is 47.8 Å². The molecule has 1 atom stereocenters. The second-order valence-electron chi connectivity index (χ2n) is 7.05. The molecule has 0 spiro atoms. The first kappa shape index (κ1) is 22.0. The number of aromatic amines is 1. The van der Waals surface area contributed by atoms with Gasteiger partial charge in [-0.1, -0.05) is 30.4 Å². The number of H-pyrrole nitrogens is 1. The summed E-state index contributed by atoms with van der Waals surface area (Å²) in [4.78, 5) is 23.2. The minimum absolute atomic E-state index is 0.178. The van der Waals surface area contributed by atoms with Gasteiger partial charge in [-0.05, 0) is 18.9 Å². The summed E-state index contributed by atoms with van der Waals surface area (Å²) in [7, 11) is 1.62. The fraction of sp³-hybridized carbons (Fsp3) is 0.304. The van der Waals surface area contributed by atoms with Crippen LogP contribution in [0, 0.1) is 0 Å². The number of para-hydroxylation sites is 1. The SMILES string of the molecule is C=CCC[C@H](O)CN(CC=C)Cc1nc2scc(-c3ccccc3OC)c2c(=O)[nH]1. The van der Waals surface area contributed by atoms with Crippen molar-refractivity contribution in [1.29, 1.82) is 0 Å². The maximum Gasteiger partial charge on any atom is 0.260 e. The van der Waals surface area contributed by atoms with E-state index in [1.807, 2.05) is 34.5 Å². The van der Waals surface area contributed by atoms with Gasteiger partial charge in [0.1, 0.15) is 16.4 Å². The van der Waals surface area contributed by atoms with Crippen LogP contribution in [0.15, 0.2) is 59.7 Å². The van der Waals surface area contributed by atoms with E-state index in [2.05, 4.69) is 23.1 Å². The lowest BCUT2D eigenvalue weighted by Gasteiger charge is -2.23. The fourth-order valence-electron chi connectivity index (χ4n) is 3.43. The van der Waals surface area contributed by atoms with Crippen LogP contribution in [-0.4, -0.2) is 46.3 Å². The van der Waals surface area contributed by atoms with E-state index in [-0.39, 0.29) is 5.56 Å². The lowest BCUT2D eigenvalue weighted by atomic mass is 10.1. The molecule has 1 aromatic carbocycles. The third-order valence-electron chi connectivity index (χ3n) is 4.82.